The third-order valence-electron chi connectivity index (χ3n) is 17.4. The molecule has 0 bridgehead atoms. The lowest BCUT2D eigenvalue weighted by Crippen LogP contribution is -2.32. The number of carbonyl (C=O) groups is 14. The van der Waals surface area contributed by atoms with E-state index in [0.29, 0.717) is 66.0 Å². The van der Waals surface area contributed by atoms with Crippen LogP contribution in [-0.2, 0) is 96.2 Å². The Bertz CT molecular complexity index is 4630. The quantitative estimate of drug-likeness (QED) is 0.0335. The first kappa shape index (κ1) is 118. The molecule has 2 saturated heterocycles. The number of aryl methyl sites for hydroxylation is 1. The number of hydrogen-bond acceptors (Lipinski definition) is 29. The summed E-state index contributed by atoms with van der Waals surface area (Å²) in [4.78, 5) is 150. The molecule has 2 unspecified atom stereocenters. The average molecular weight is 1900 g/mol. The van der Waals surface area contributed by atoms with Gasteiger partial charge in [-0.05, 0) is 151 Å². The Hall–Kier alpha value is -14.4. The van der Waals surface area contributed by atoms with E-state index in [1.807, 2.05) is 87.5 Å². The summed E-state index contributed by atoms with van der Waals surface area (Å²) in [6.07, 6.45) is 23.4. The number of para-hydroxylation sites is 2. The van der Waals surface area contributed by atoms with Gasteiger partial charge in [-0.2, -0.15) is 5.26 Å². The van der Waals surface area contributed by atoms with E-state index in [-0.39, 0.29) is 113 Å². The molecule has 742 valence electrons. The van der Waals surface area contributed by atoms with Gasteiger partial charge in [-0.25, -0.2) is 0 Å². The van der Waals surface area contributed by atoms with E-state index in [4.69, 9.17) is 42.5 Å². The molecule has 8 aromatic rings. The van der Waals surface area contributed by atoms with Gasteiger partial charge >= 0.3 is 17.9 Å². The Morgan fingerprint density at radius 1 is 0.360 bits per heavy atom. The molecule has 15 rings (SSSR count). The maximum Gasteiger partial charge on any atom is 0.302 e. The standard InChI is InChI=1S/C9H14N2O2.C9H8N2O.C8H10N2O2.2C8H9NO.C7H8N2O.C7H13NO.C7H12O2.C6H8N2O2.C6H11NO2.C6H10O3.C5H6N2O2.C5H9NO.C5H8O2/c1-6(12)10-8-5-7(11-13-8)9(2,3)4;1-7(12)11-9-4-2-8(6-10)3-5-9;1-5(11)9-8-4-7(10-12-8)6-2-3-6;2*1-7(10)9-8-5-3-2-4-6-8;1-6(10)9-7-3-2-4-8-5-7;1-6(9)8-7-4-2-3-5-7;1-6(8)9-7-4-2-3-5-7;1-4-3-6(10-8-4)7-5(2)9;1-5(8)7-6-2-3-9-4-6;1-5(7)9-6-2-3-8-4-6;1-4(8)7-5-2-3-6-9-5;1-4(7)6-5-2-3-5;1-4(6)7-5-2-3-5/h5H,1-4H3,(H,10,12);2-5H,1H3,(H,11,12);4,6H,2-3H2,1H3,(H,9,11);2*2-6H,1H3,(H,9,10);2-5H,1H3,(H,9,10);7H,2-5H2,1H3,(H,8,9);7H,2-5H2,1H3;3H,1-2H3,(H,7,9);6H,2-4H2,1H3,(H,7,8);6H,2-4H2,1H3;2-3H,1H3,(H,7,8);5H,2-3H2,1H3,(H,6,7);5H,2-3H2,1H3. The summed E-state index contributed by atoms with van der Waals surface area (Å²) in [7, 11) is 0. The second-order valence-corrected chi connectivity index (χ2v) is 32.4. The summed E-state index contributed by atoms with van der Waals surface area (Å²) >= 11 is 0. The number of carbonyl (C=O) groups excluding carboxylic acids is 14. The van der Waals surface area contributed by atoms with E-state index in [2.05, 4.69) is 88.6 Å². The fourth-order valence-electron chi connectivity index (χ4n) is 11.2. The molecule has 5 aliphatic carbocycles. The van der Waals surface area contributed by atoms with Crippen LogP contribution in [0.4, 0.5) is 46.3 Å². The van der Waals surface area contributed by atoms with Crippen molar-refractivity contribution < 1.29 is 109 Å². The smallest absolute Gasteiger partial charge is 0.302 e. The van der Waals surface area contributed by atoms with Crippen LogP contribution >= 0.6 is 0 Å². The largest absolute Gasteiger partial charge is 0.463 e. The van der Waals surface area contributed by atoms with Crippen molar-refractivity contribution in [3.8, 4) is 6.07 Å². The minimum atomic E-state index is -0.217. The number of nitrogens with zero attached hydrogens (tertiary/aromatic N) is 6. The number of benzene rings is 3. The number of pyridine rings is 1. The maximum atomic E-state index is 10.7. The van der Waals surface area contributed by atoms with Gasteiger partial charge in [0.1, 0.15) is 18.3 Å². The summed E-state index contributed by atoms with van der Waals surface area (Å²) in [5.74, 6) is 1.06. The molecular weight excluding hydrogens is 1760 g/mol. The Balaban J connectivity index is 0.000000497. The zero-order valence-electron chi connectivity index (χ0n) is 81.0. The minimum absolute atomic E-state index is 0.0162. The zero-order chi connectivity index (χ0) is 101. The molecule has 11 N–H and O–H groups in total. The second-order valence-electron chi connectivity index (χ2n) is 32.4. The molecule has 0 radical (unpaired) electrons. The molecule has 136 heavy (non-hydrogen) atoms. The molecule has 5 aromatic heterocycles. The molecule has 40 heteroatoms. The topological polar surface area (TPSA) is 558 Å². The number of nitrogens with one attached hydrogen (secondary N) is 11. The molecule has 7 heterocycles. The molecule has 2 atom stereocenters. The molecule has 7 aliphatic rings. The fourth-order valence-corrected chi connectivity index (χ4v) is 11.2. The molecular formula is C96H135N17O23. The number of rotatable bonds is 15. The Morgan fingerprint density at radius 3 is 1.11 bits per heavy atom. The van der Waals surface area contributed by atoms with Crippen LogP contribution in [0.25, 0.3) is 0 Å². The van der Waals surface area contributed by atoms with Crippen molar-refractivity contribution in [2.75, 3.05) is 69.0 Å². The van der Waals surface area contributed by atoms with E-state index in [1.54, 1.807) is 93.8 Å². The van der Waals surface area contributed by atoms with Crippen LogP contribution in [0, 0.1) is 18.3 Å². The highest BCUT2D eigenvalue weighted by atomic mass is 16.6. The maximum absolute atomic E-state index is 10.7. The monoisotopic (exact) mass is 1890 g/mol. The van der Waals surface area contributed by atoms with Crippen LogP contribution in [0.3, 0.4) is 0 Å². The predicted octanol–water partition coefficient (Wildman–Crippen LogP) is 14.7. The van der Waals surface area contributed by atoms with Crippen molar-refractivity contribution >= 4 is 129 Å². The third kappa shape index (κ3) is 66.9. The highest BCUT2D eigenvalue weighted by molar-refractivity contribution is 5.91. The molecule has 3 aromatic carbocycles. The first-order valence-corrected chi connectivity index (χ1v) is 44.4. The van der Waals surface area contributed by atoms with Crippen LogP contribution in [0.2, 0.25) is 0 Å². The zero-order valence-corrected chi connectivity index (χ0v) is 81.0. The van der Waals surface area contributed by atoms with Gasteiger partial charge in [0.05, 0.1) is 72.7 Å². The molecule has 5 saturated carbocycles. The Morgan fingerprint density at radius 2 is 0.757 bits per heavy atom. The predicted molar refractivity (Wildman–Crippen MR) is 510 cm³/mol. The van der Waals surface area contributed by atoms with E-state index >= 15 is 0 Å². The SMILES string of the molecule is CC(=O)NC1CC1.CC(=O)NC1CCCC1.CC(=O)NC1CCOC1.CC(=O)Nc1cc(C(C)(C)C)no1.CC(=O)Nc1cc(C)no1.CC(=O)Nc1cc(C2CC2)no1.CC(=O)Nc1ccc(C#N)cc1.CC(=O)Nc1ccccc1.CC(=O)Nc1ccccc1.CC(=O)Nc1cccnc1.CC(=O)Nc1ccno1.CC(=O)OC1CC1.CC(=O)OC1CCCC1.CC(=O)OC1CCOC1. The fraction of sp³-hybridized carbons (Fsp3) is 0.479. The number of hydrogen-bond donors (Lipinski definition) is 11. The van der Waals surface area contributed by atoms with Crippen LogP contribution in [0.5, 0.6) is 0 Å². The van der Waals surface area contributed by atoms with Gasteiger partial charge in [-0.3, -0.25) is 93.4 Å². The van der Waals surface area contributed by atoms with Gasteiger partial charge in [0.25, 0.3) is 0 Å². The van der Waals surface area contributed by atoms with E-state index in [0.717, 1.165) is 85.9 Å². The van der Waals surface area contributed by atoms with Gasteiger partial charge in [0, 0.05) is 181 Å². The summed E-state index contributed by atoms with van der Waals surface area (Å²) in [6, 6.07) is 39.0. The number of nitriles is 1. The van der Waals surface area contributed by atoms with Crippen molar-refractivity contribution in [3.05, 3.63) is 163 Å². The Labute approximate surface area is 793 Å². The molecule has 40 nitrogen and oxygen atoms in total. The third-order valence-corrected chi connectivity index (χ3v) is 17.4. The first-order chi connectivity index (χ1) is 64.4. The summed E-state index contributed by atoms with van der Waals surface area (Å²) < 4.78 is 43.6. The van der Waals surface area contributed by atoms with Crippen LogP contribution in [0.15, 0.2) is 158 Å². The van der Waals surface area contributed by atoms with Crippen molar-refractivity contribution in [1.82, 2.24) is 41.6 Å². The molecule has 0 spiro atoms. The number of anilines is 8. The van der Waals surface area contributed by atoms with E-state index in [1.165, 1.54) is 153 Å². The summed E-state index contributed by atoms with van der Waals surface area (Å²) in [6.45, 7) is 31.2. The lowest BCUT2D eigenvalue weighted by atomic mass is 9.92. The lowest BCUT2D eigenvalue weighted by molar-refractivity contribution is -0.147. The normalized spacial score (nSPS) is 14.6. The Kier molecular flexibility index (Phi) is 58.6. The van der Waals surface area contributed by atoms with Crippen molar-refractivity contribution in [1.29, 1.82) is 5.26 Å². The van der Waals surface area contributed by atoms with Crippen LogP contribution < -0.4 is 58.5 Å². The highest BCUT2D eigenvalue weighted by Crippen LogP contribution is 2.40. The number of aromatic nitrogens is 5. The average Bonchev–Trinajstić information content (AvgIpc) is 1.70. The summed E-state index contributed by atoms with van der Waals surface area (Å²) in [5, 5.41) is 52.1. The van der Waals surface area contributed by atoms with Gasteiger partial charge in [0.15, 0.2) is 0 Å². The molecule has 11 amide bonds. The lowest BCUT2D eigenvalue weighted by Gasteiger charge is -2.12. The van der Waals surface area contributed by atoms with Crippen molar-refractivity contribution in [3.63, 3.8) is 0 Å². The second kappa shape index (κ2) is 67.8. The first-order valence-electron chi connectivity index (χ1n) is 44.4. The van der Waals surface area contributed by atoms with Crippen molar-refractivity contribution in [2.45, 2.75) is 275 Å². The number of amides is 11. The number of esters is 3. The van der Waals surface area contributed by atoms with E-state index < -0.39 is 0 Å². The summed E-state index contributed by atoms with van der Waals surface area (Å²) in [5.41, 5.74) is 6.20. The van der Waals surface area contributed by atoms with Crippen molar-refractivity contribution in [2.24, 2.45) is 0 Å². The van der Waals surface area contributed by atoms with Crippen LogP contribution in [-0.4, -0.2) is 171 Å². The van der Waals surface area contributed by atoms with Gasteiger partial charge in [-0.15, -0.1) is 0 Å². The van der Waals surface area contributed by atoms with Gasteiger partial charge in [0.2, 0.25) is 88.5 Å². The molecule has 2 aliphatic heterocycles. The van der Waals surface area contributed by atoms with Crippen LogP contribution in [0.1, 0.15) is 249 Å². The number of ether oxygens (including phenoxy) is 5. The highest BCUT2D eigenvalue weighted by Gasteiger charge is 2.28. The van der Waals surface area contributed by atoms with E-state index in [9.17, 15) is 67.1 Å². The minimum Gasteiger partial charge on any atom is -0.463 e. The molecule has 7 fully saturated rings. The van der Waals surface area contributed by atoms with Gasteiger partial charge in [-0.1, -0.05) is 90.6 Å². The van der Waals surface area contributed by atoms with Gasteiger partial charge < -0.3 is 79.0 Å².